The quantitative estimate of drug-likeness (QED) is 0.630. The molecule has 22 heavy (non-hydrogen) atoms. The van der Waals surface area contributed by atoms with Crippen LogP contribution >= 0.6 is 15.9 Å². The van der Waals surface area contributed by atoms with Crippen LogP contribution in [0.2, 0.25) is 0 Å². The predicted molar refractivity (Wildman–Crippen MR) is 90.7 cm³/mol. The molecule has 1 atom stereocenters. The van der Waals surface area contributed by atoms with Crippen LogP contribution in [0.4, 0.5) is 0 Å². The second-order valence-electron chi connectivity index (χ2n) is 4.76. The van der Waals surface area contributed by atoms with Crippen molar-refractivity contribution >= 4 is 28.1 Å². The van der Waals surface area contributed by atoms with E-state index in [0.29, 0.717) is 0 Å². The van der Waals surface area contributed by atoms with Crippen molar-refractivity contribution in [2.45, 2.75) is 13.0 Å². The third-order valence-electron chi connectivity index (χ3n) is 3.02. The minimum atomic E-state index is -0.204. The zero-order valence-corrected chi connectivity index (χ0v) is 13.8. The summed E-state index contributed by atoms with van der Waals surface area (Å²) in [6.07, 6.45) is 1.57. The van der Waals surface area contributed by atoms with Gasteiger partial charge in [0, 0.05) is 4.47 Å². The molecule has 2 aromatic rings. The Kier molecular flexibility index (Phi) is 6.15. The van der Waals surface area contributed by atoms with Gasteiger partial charge in [0.15, 0.2) is 6.61 Å². The van der Waals surface area contributed by atoms with Crippen molar-refractivity contribution in [1.29, 1.82) is 0 Å². The molecule has 0 aliphatic rings. The fraction of sp³-hybridized carbons (Fsp3) is 0.176. The first-order valence-corrected chi connectivity index (χ1v) is 7.69. The van der Waals surface area contributed by atoms with Crippen LogP contribution in [-0.4, -0.2) is 18.7 Å². The molecule has 1 N–H and O–H groups in total. The molecular formula is C17H17BrN2O2. The van der Waals surface area contributed by atoms with Crippen molar-refractivity contribution < 1.29 is 9.63 Å². The molecule has 0 bridgehead atoms. The van der Waals surface area contributed by atoms with E-state index in [0.717, 1.165) is 15.6 Å². The van der Waals surface area contributed by atoms with Gasteiger partial charge in [-0.05, 0) is 30.2 Å². The molecule has 0 unspecified atom stereocenters. The first kappa shape index (κ1) is 16.2. The average Bonchev–Trinajstić information content (AvgIpc) is 2.54. The summed E-state index contributed by atoms with van der Waals surface area (Å²) in [4.78, 5) is 16.8. The van der Waals surface area contributed by atoms with Crippen LogP contribution in [0.25, 0.3) is 0 Å². The third-order valence-corrected chi connectivity index (χ3v) is 3.55. The first-order chi connectivity index (χ1) is 10.6. The van der Waals surface area contributed by atoms with E-state index < -0.39 is 0 Å². The van der Waals surface area contributed by atoms with Crippen molar-refractivity contribution in [1.82, 2.24) is 5.32 Å². The fourth-order valence-corrected chi connectivity index (χ4v) is 2.12. The van der Waals surface area contributed by atoms with Crippen molar-refractivity contribution in [2.75, 3.05) is 6.61 Å². The van der Waals surface area contributed by atoms with E-state index >= 15 is 0 Å². The second-order valence-corrected chi connectivity index (χ2v) is 5.68. The molecule has 0 radical (unpaired) electrons. The van der Waals surface area contributed by atoms with Crippen molar-refractivity contribution in [2.24, 2.45) is 5.16 Å². The van der Waals surface area contributed by atoms with Gasteiger partial charge >= 0.3 is 0 Å². The summed E-state index contributed by atoms with van der Waals surface area (Å²) >= 11 is 3.36. The molecule has 2 rings (SSSR count). The summed E-state index contributed by atoms with van der Waals surface area (Å²) in [5, 5.41) is 6.65. The second kappa shape index (κ2) is 8.34. The summed E-state index contributed by atoms with van der Waals surface area (Å²) in [7, 11) is 0. The number of benzene rings is 2. The normalized spacial score (nSPS) is 12.1. The summed E-state index contributed by atoms with van der Waals surface area (Å²) in [6.45, 7) is 1.82. The lowest BCUT2D eigenvalue weighted by Crippen LogP contribution is -2.29. The van der Waals surface area contributed by atoms with E-state index in [1.807, 2.05) is 61.5 Å². The average molecular weight is 361 g/mol. The Bertz CT molecular complexity index is 627. The van der Waals surface area contributed by atoms with Gasteiger partial charge in [0.2, 0.25) is 0 Å². The molecule has 114 valence electrons. The Balaban J connectivity index is 1.75. The van der Waals surface area contributed by atoms with Gasteiger partial charge in [-0.25, -0.2) is 0 Å². The van der Waals surface area contributed by atoms with Gasteiger partial charge in [0.1, 0.15) is 0 Å². The molecule has 0 spiro atoms. The predicted octanol–water partition coefficient (Wildman–Crippen LogP) is 3.68. The minimum Gasteiger partial charge on any atom is -0.386 e. The van der Waals surface area contributed by atoms with Gasteiger partial charge in [-0.1, -0.05) is 63.6 Å². The number of nitrogens with one attached hydrogen (secondary N) is 1. The van der Waals surface area contributed by atoms with Crippen LogP contribution in [0.15, 0.2) is 64.2 Å². The third kappa shape index (κ3) is 5.33. The Morgan fingerprint density at radius 2 is 1.91 bits per heavy atom. The topological polar surface area (TPSA) is 50.7 Å². The van der Waals surface area contributed by atoms with Gasteiger partial charge in [0.05, 0.1) is 12.3 Å². The molecule has 0 aromatic heterocycles. The van der Waals surface area contributed by atoms with Crippen LogP contribution in [0.3, 0.4) is 0 Å². The summed E-state index contributed by atoms with van der Waals surface area (Å²) in [6, 6.07) is 17.3. The molecule has 0 saturated heterocycles. The van der Waals surface area contributed by atoms with E-state index in [1.165, 1.54) is 0 Å². The fourth-order valence-electron chi connectivity index (χ4n) is 1.85. The lowest BCUT2D eigenvalue weighted by molar-refractivity contribution is -0.126. The van der Waals surface area contributed by atoms with E-state index in [-0.39, 0.29) is 18.6 Å². The number of carbonyl (C=O) groups is 1. The SMILES string of the molecule is C[C@@H](NC(=O)CO/N=C\c1ccc(Br)cc1)c1ccccc1. The zero-order chi connectivity index (χ0) is 15.8. The monoisotopic (exact) mass is 360 g/mol. The first-order valence-electron chi connectivity index (χ1n) is 6.90. The van der Waals surface area contributed by atoms with E-state index in [2.05, 4.69) is 26.4 Å². The highest BCUT2D eigenvalue weighted by Crippen LogP contribution is 2.11. The van der Waals surface area contributed by atoms with Gasteiger partial charge in [-0.2, -0.15) is 0 Å². The van der Waals surface area contributed by atoms with Crippen molar-refractivity contribution in [3.05, 3.63) is 70.2 Å². The largest absolute Gasteiger partial charge is 0.386 e. The highest BCUT2D eigenvalue weighted by molar-refractivity contribution is 9.10. The maximum absolute atomic E-state index is 11.8. The molecule has 0 saturated carbocycles. The van der Waals surface area contributed by atoms with E-state index in [4.69, 9.17) is 4.84 Å². The Morgan fingerprint density at radius 3 is 2.59 bits per heavy atom. The molecule has 0 aliphatic heterocycles. The number of hydrogen-bond donors (Lipinski definition) is 1. The van der Waals surface area contributed by atoms with E-state index in [9.17, 15) is 4.79 Å². The summed E-state index contributed by atoms with van der Waals surface area (Å²) < 4.78 is 1.000. The molecule has 0 fully saturated rings. The van der Waals surface area contributed by atoms with Crippen LogP contribution in [0.1, 0.15) is 24.1 Å². The van der Waals surface area contributed by atoms with Gasteiger partial charge in [0.25, 0.3) is 5.91 Å². The number of halogens is 1. The molecule has 2 aromatic carbocycles. The lowest BCUT2D eigenvalue weighted by Gasteiger charge is -2.13. The maximum atomic E-state index is 11.8. The Labute approximate surface area is 138 Å². The maximum Gasteiger partial charge on any atom is 0.261 e. The van der Waals surface area contributed by atoms with Gasteiger partial charge in [-0.3, -0.25) is 4.79 Å². The number of nitrogens with zero attached hydrogens (tertiary/aromatic N) is 1. The van der Waals surface area contributed by atoms with Crippen molar-refractivity contribution in [3.63, 3.8) is 0 Å². The Morgan fingerprint density at radius 1 is 1.23 bits per heavy atom. The minimum absolute atomic E-state index is 0.0623. The molecule has 5 heteroatoms. The molecule has 0 aliphatic carbocycles. The van der Waals surface area contributed by atoms with Crippen LogP contribution in [-0.2, 0) is 9.63 Å². The summed E-state index contributed by atoms with van der Waals surface area (Å²) in [5.41, 5.74) is 1.95. The summed E-state index contributed by atoms with van der Waals surface area (Å²) in [5.74, 6) is -0.204. The number of amides is 1. The standard InChI is InChI=1S/C17H17BrN2O2/c1-13(15-5-3-2-4-6-15)20-17(21)12-22-19-11-14-7-9-16(18)10-8-14/h2-11,13H,12H2,1H3,(H,20,21)/b19-11-/t13-/m1/s1. The van der Waals surface area contributed by atoms with Crippen LogP contribution < -0.4 is 5.32 Å². The lowest BCUT2D eigenvalue weighted by atomic mass is 10.1. The highest BCUT2D eigenvalue weighted by Gasteiger charge is 2.08. The number of oxime groups is 1. The number of carbonyl (C=O) groups excluding carboxylic acids is 1. The van der Waals surface area contributed by atoms with Crippen molar-refractivity contribution in [3.8, 4) is 0 Å². The van der Waals surface area contributed by atoms with Gasteiger partial charge < -0.3 is 10.2 Å². The smallest absolute Gasteiger partial charge is 0.261 e. The van der Waals surface area contributed by atoms with E-state index in [1.54, 1.807) is 6.21 Å². The van der Waals surface area contributed by atoms with Crippen LogP contribution in [0.5, 0.6) is 0 Å². The molecule has 4 nitrogen and oxygen atoms in total. The number of rotatable bonds is 6. The Hall–Kier alpha value is -2.14. The highest BCUT2D eigenvalue weighted by atomic mass is 79.9. The molecule has 0 heterocycles. The van der Waals surface area contributed by atoms with Crippen LogP contribution in [0, 0.1) is 0 Å². The zero-order valence-electron chi connectivity index (χ0n) is 12.2. The molecule has 1 amide bonds. The number of hydrogen-bond acceptors (Lipinski definition) is 3. The van der Waals surface area contributed by atoms with Gasteiger partial charge in [-0.15, -0.1) is 0 Å². The molecular weight excluding hydrogens is 344 g/mol.